The number of hydrogen-bond acceptors (Lipinski definition) is 3. The SMILES string of the molecule is C=C/C=C\C(=C)/C=C\N(C)OCO. The van der Waals surface area contributed by atoms with Crippen LogP contribution in [0.4, 0.5) is 0 Å². The number of allylic oxidation sites excluding steroid dienone is 5. The predicted molar refractivity (Wildman–Crippen MR) is 53.6 cm³/mol. The zero-order chi connectivity index (χ0) is 10.1. The van der Waals surface area contributed by atoms with Gasteiger partial charge in [-0.2, -0.15) is 0 Å². The van der Waals surface area contributed by atoms with E-state index in [-0.39, 0.29) is 6.79 Å². The van der Waals surface area contributed by atoms with Gasteiger partial charge in [0.05, 0.1) is 0 Å². The summed E-state index contributed by atoms with van der Waals surface area (Å²) in [6.07, 6.45) is 8.70. The fourth-order valence-electron chi connectivity index (χ4n) is 0.582. The highest BCUT2D eigenvalue weighted by molar-refractivity contribution is 5.28. The molecule has 72 valence electrons. The fraction of sp³-hybridized carbons (Fsp3) is 0.200. The molecule has 0 saturated heterocycles. The molecule has 13 heavy (non-hydrogen) atoms. The number of rotatable bonds is 6. The van der Waals surface area contributed by atoms with Gasteiger partial charge < -0.3 is 5.11 Å². The summed E-state index contributed by atoms with van der Waals surface area (Å²) in [6, 6.07) is 0. The third kappa shape index (κ3) is 7.05. The summed E-state index contributed by atoms with van der Waals surface area (Å²) in [5, 5.41) is 9.79. The van der Waals surface area contributed by atoms with Gasteiger partial charge in [0.2, 0.25) is 0 Å². The van der Waals surface area contributed by atoms with E-state index in [9.17, 15) is 0 Å². The Balaban J connectivity index is 3.89. The summed E-state index contributed by atoms with van der Waals surface area (Å²) < 4.78 is 0. The van der Waals surface area contributed by atoms with Crippen molar-refractivity contribution in [3.8, 4) is 0 Å². The van der Waals surface area contributed by atoms with Gasteiger partial charge in [0.15, 0.2) is 6.79 Å². The Morgan fingerprint density at radius 2 is 2.23 bits per heavy atom. The summed E-state index contributed by atoms with van der Waals surface area (Å²) in [7, 11) is 1.68. The van der Waals surface area contributed by atoms with Gasteiger partial charge in [-0.1, -0.05) is 31.4 Å². The second-order valence-corrected chi connectivity index (χ2v) is 2.29. The first-order chi connectivity index (χ1) is 6.20. The third-order valence-corrected chi connectivity index (χ3v) is 1.21. The summed E-state index contributed by atoms with van der Waals surface area (Å²) in [4.78, 5) is 4.71. The molecule has 1 N–H and O–H groups in total. The standard InChI is InChI=1S/C10H15NO2/c1-4-5-6-10(2)7-8-11(3)13-9-12/h4-8,12H,1-2,9H2,3H3/b6-5-,8-7-. The second-order valence-electron chi connectivity index (χ2n) is 2.29. The van der Waals surface area contributed by atoms with Gasteiger partial charge in [-0.3, -0.25) is 5.06 Å². The average Bonchev–Trinajstić information content (AvgIpc) is 2.12. The average molecular weight is 181 g/mol. The maximum Gasteiger partial charge on any atom is 0.170 e. The van der Waals surface area contributed by atoms with Crippen molar-refractivity contribution in [3.63, 3.8) is 0 Å². The van der Waals surface area contributed by atoms with Crippen molar-refractivity contribution in [1.82, 2.24) is 5.06 Å². The van der Waals surface area contributed by atoms with Crippen molar-refractivity contribution in [3.05, 3.63) is 49.2 Å². The van der Waals surface area contributed by atoms with Crippen LogP contribution in [0.3, 0.4) is 0 Å². The molecular formula is C10H15NO2. The lowest BCUT2D eigenvalue weighted by molar-refractivity contribution is -0.164. The Labute approximate surface area is 78.9 Å². The molecule has 3 nitrogen and oxygen atoms in total. The number of hydroxylamine groups is 2. The molecule has 3 heteroatoms. The topological polar surface area (TPSA) is 32.7 Å². The van der Waals surface area contributed by atoms with Crippen LogP contribution >= 0.6 is 0 Å². The minimum Gasteiger partial charge on any atom is -0.368 e. The van der Waals surface area contributed by atoms with E-state index < -0.39 is 0 Å². The van der Waals surface area contributed by atoms with Crippen LogP contribution in [0.2, 0.25) is 0 Å². The molecule has 0 rings (SSSR count). The molecule has 0 aromatic carbocycles. The van der Waals surface area contributed by atoms with Crippen molar-refractivity contribution < 1.29 is 9.94 Å². The smallest absolute Gasteiger partial charge is 0.170 e. The first kappa shape index (κ1) is 11.7. The molecule has 0 radical (unpaired) electrons. The lowest BCUT2D eigenvalue weighted by Crippen LogP contribution is -2.11. The molecule has 0 aliphatic heterocycles. The van der Waals surface area contributed by atoms with E-state index in [1.807, 2.05) is 6.08 Å². The van der Waals surface area contributed by atoms with Crippen molar-refractivity contribution >= 4 is 0 Å². The highest BCUT2D eigenvalue weighted by Gasteiger charge is 1.86. The summed E-state index contributed by atoms with van der Waals surface area (Å²) in [6.45, 7) is 6.96. The molecular weight excluding hydrogens is 166 g/mol. The van der Waals surface area contributed by atoms with Gasteiger partial charge in [-0.25, -0.2) is 4.84 Å². The fourth-order valence-corrected chi connectivity index (χ4v) is 0.582. The first-order valence-corrected chi connectivity index (χ1v) is 3.83. The molecule has 0 aromatic rings. The van der Waals surface area contributed by atoms with E-state index in [2.05, 4.69) is 13.2 Å². The van der Waals surface area contributed by atoms with E-state index in [0.717, 1.165) is 5.57 Å². The number of nitrogens with zero attached hydrogens (tertiary/aromatic N) is 1. The lowest BCUT2D eigenvalue weighted by atomic mass is 10.3. The molecule has 0 saturated carbocycles. The highest BCUT2D eigenvalue weighted by atomic mass is 16.7. The highest BCUT2D eigenvalue weighted by Crippen LogP contribution is 1.97. The van der Waals surface area contributed by atoms with Crippen LogP contribution in [-0.4, -0.2) is 24.0 Å². The van der Waals surface area contributed by atoms with E-state index >= 15 is 0 Å². The van der Waals surface area contributed by atoms with E-state index in [0.29, 0.717) is 0 Å². The molecule has 0 aromatic heterocycles. The van der Waals surface area contributed by atoms with Crippen LogP contribution in [0.5, 0.6) is 0 Å². The zero-order valence-electron chi connectivity index (χ0n) is 7.81. The van der Waals surface area contributed by atoms with Crippen LogP contribution in [0.25, 0.3) is 0 Å². The van der Waals surface area contributed by atoms with Crippen LogP contribution in [0.1, 0.15) is 0 Å². The normalized spacial score (nSPS) is 10.9. The molecule has 0 unspecified atom stereocenters. The Kier molecular flexibility index (Phi) is 6.59. The largest absolute Gasteiger partial charge is 0.368 e. The molecule has 0 aliphatic rings. The predicted octanol–water partition coefficient (Wildman–Crippen LogP) is 1.61. The van der Waals surface area contributed by atoms with Crippen LogP contribution in [0, 0.1) is 0 Å². The minimum absolute atomic E-state index is 0.337. The maximum absolute atomic E-state index is 8.40. The van der Waals surface area contributed by atoms with Crippen LogP contribution in [0.15, 0.2) is 49.2 Å². The number of aliphatic hydroxyl groups excluding tert-OH is 1. The van der Waals surface area contributed by atoms with E-state index in [1.54, 1.807) is 31.5 Å². The van der Waals surface area contributed by atoms with E-state index in [1.165, 1.54) is 5.06 Å². The van der Waals surface area contributed by atoms with Gasteiger partial charge in [0.1, 0.15) is 0 Å². The van der Waals surface area contributed by atoms with Crippen molar-refractivity contribution in [2.45, 2.75) is 0 Å². The van der Waals surface area contributed by atoms with Crippen LogP contribution < -0.4 is 0 Å². The molecule has 0 spiro atoms. The minimum atomic E-state index is -0.337. The van der Waals surface area contributed by atoms with Crippen molar-refractivity contribution in [2.75, 3.05) is 13.8 Å². The van der Waals surface area contributed by atoms with Crippen molar-refractivity contribution in [2.24, 2.45) is 0 Å². The van der Waals surface area contributed by atoms with Gasteiger partial charge in [0, 0.05) is 13.2 Å². The molecule has 0 amide bonds. The number of hydrogen-bond donors (Lipinski definition) is 1. The molecule has 0 fully saturated rings. The monoisotopic (exact) mass is 181 g/mol. The molecule has 0 bridgehead atoms. The lowest BCUT2D eigenvalue weighted by Gasteiger charge is -2.10. The van der Waals surface area contributed by atoms with Crippen LogP contribution in [-0.2, 0) is 4.84 Å². The van der Waals surface area contributed by atoms with E-state index in [4.69, 9.17) is 9.94 Å². The molecule has 0 aliphatic carbocycles. The quantitative estimate of drug-likeness (QED) is 0.384. The van der Waals surface area contributed by atoms with Gasteiger partial charge in [0.25, 0.3) is 0 Å². The summed E-state index contributed by atoms with van der Waals surface area (Å²) in [5.74, 6) is 0. The van der Waals surface area contributed by atoms with Gasteiger partial charge in [-0.15, -0.1) is 0 Å². The maximum atomic E-state index is 8.40. The molecule has 0 heterocycles. The van der Waals surface area contributed by atoms with Crippen molar-refractivity contribution in [1.29, 1.82) is 0 Å². The Morgan fingerprint density at radius 3 is 2.77 bits per heavy atom. The Morgan fingerprint density at radius 1 is 1.54 bits per heavy atom. The zero-order valence-corrected chi connectivity index (χ0v) is 7.81. The van der Waals surface area contributed by atoms with Gasteiger partial charge in [-0.05, 0) is 11.6 Å². The Hall–Kier alpha value is -1.32. The second kappa shape index (κ2) is 7.34. The Bertz CT molecular complexity index is 219. The van der Waals surface area contributed by atoms with Gasteiger partial charge >= 0.3 is 0 Å². The third-order valence-electron chi connectivity index (χ3n) is 1.21. The number of aliphatic hydroxyl groups is 1. The first-order valence-electron chi connectivity index (χ1n) is 3.83. The molecule has 0 atom stereocenters. The summed E-state index contributed by atoms with van der Waals surface area (Å²) >= 11 is 0. The summed E-state index contributed by atoms with van der Waals surface area (Å²) in [5.41, 5.74) is 0.827.